The van der Waals surface area contributed by atoms with Crippen molar-refractivity contribution in [2.45, 2.75) is 21.7 Å². The fraction of sp³-hybridized carbons (Fsp3) is 1.00. The number of rotatable bonds is 3. The number of hydrogen-bond donors (Lipinski definition) is 0. The smallest absolute Gasteiger partial charge is 0.324 e. The minimum atomic E-state index is -5.81. The van der Waals surface area contributed by atoms with Crippen LogP contribution in [0.25, 0.3) is 0 Å². The molecule has 1 nitrogen and oxygen atoms in total. The van der Waals surface area contributed by atoms with Crippen molar-refractivity contribution in [1.29, 1.82) is 0 Å². The van der Waals surface area contributed by atoms with Gasteiger partial charge in [-0.25, -0.2) is 4.39 Å². The van der Waals surface area contributed by atoms with Gasteiger partial charge in [0.15, 0.2) is 0 Å². The first kappa shape index (κ1) is 16.4. The van der Waals surface area contributed by atoms with Gasteiger partial charge in [-0.05, 0) is 31.9 Å². The summed E-state index contributed by atoms with van der Waals surface area (Å²) in [6.45, 7) is -2.39. The summed E-state index contributed by atoms with van der Waals surface area (Å²) in [6, 6.07) is 0. The molecule has 0 rings (SSSR count). The second-order valence-electron chi connectivity index (χ2n) is 2.49. The minimum Gasteiger partial charge on any atom is -0.324 e. The normalized spacial score (nSPS) is 21.4. The highest BCUT2D eigenvalue weighted by atomic mass is 79.9. The molecular formula is C5H2Br2F8O. The van der Waals surface area contributed by atoms with E-state index >= 15 is 0 Å². The third-order valence-electron chi connectivity index (χ3n) is 1.14. The lowest BCUT2D eigenvalue weighted by atomic mass is 10.4. The molecule has 0 saturated heterocycles. The molecule has 0 radical (unpaired) electrons. The molecule has 0 amide bonds. The summed E-state index contributed by atoms with van der Waals surface area (Å²) in [4.78, 5) is 0. The van der Waals surface area contributed by atoms with Gasteiger partial charge < -0.3 is 4.74 Å². The lowest BCUT2D eigenvalue weighted by molar-refractivity contribution is -0.281. The Morgan fingerprint density at radius 1 is 0.812 bits per heavy atom. The molecule has 0 N–H and O–H groups in total. The highest BCUT2D eigenvalue weighted by Gasteiger charge is 2.69. The van der Waals surface area contributed by atoms with Crippen LogP contribution in [0, 0.1) is 0 Å². The predicted molar refractivity (Wildman–Crippen MR) is 43.6 cm³/mol. The molecule has 0 aliphatic carbocycles. The maximum Gasteiger partial charge on any atom is 0.439 e. The number of alkyl halides is 10. The van der Waals surface area contributed by atoms with E-state index in [1.165, 1.54) is 31.9 Å². The molecule has 2 atom stereocenters. The zero-order chi connectivity index (χ0) is 13.4. The van der Waals surface area contributed by atoms with Crippen molar-refractivity contribution in [2.75, 3.05) is 6.61 Å². The monoisotopic (exact) mass is 388 g/mol. The Balaban J connectivity index is 4.79. The van der Waals surface area contributed by atoms with Crippen molar-refractivity contribution in [3.05, 3.63) is 0 Å². The summed E-state index contributed by atoms with van der Waals surface area (Å²) in [7, 11) is 0. The van der Waals surface area contributed by atoms with Crippen LogP contribution in [0.15, 0.2) is 0 Å². The van der Waals surface area contributed by atoms with E-state index in [1.807, 2.05) is 0 Å². The summed E-state index contributed by atoms with van der Waals surface area (Å²) < 4.78 is 90.0. The van der Waals surface area contributed by atoms with Gasteiger partial charge in [-0.3, -0.25) is 0 Å². The lowest BCUT2D eigenvalue weighted by Gasteiger charge is -2.31. The van der Waals surface area contributed by atoms with Crippen LogP contribution in [0.4, 0.5) is 35.1 Å². The SMILES string of the molecule is FC(F)(F)CO[C@@](F)(Br)[C@@](F)(Br)C(F)(F)F. The van der Waals surface area contributed by atoms with Crippen molar-refractivity contribution in [3.63, 3.8) is 0 Å². The molecule has 0 spiro atoms. The second-order valence-corrected chi connectivity index (χ2v) is 4.61. The van der Waals surface area contributed by atoms with Gasteiger partial charge in [0, 0.05) is 0 Å². The summed E-state index contributed by atoms with van der Waals surface area (Å²) in [6.07, 6.45) is -10.9. The van der Waals surface area contributed by atoms with Crippen molar-refractivity contribution in [3.8, 4) is 0 Å². The van der Waals surface area contributed by atoms with E-state index in [0.29, 0.717) is 0 Å². The Kier molecular flexibility index (Phi) is 4.66. The molecule has 0 aromatic carbocycles. The number of halogens is 10. The first-order valence-corrected chi connectivity index (χ1v) is 4.82. The van der Waals surface area contributed by atoms with Gasteiger partial charge in [-0.15, -0.1) is 0 Å². The first-order valence-electron chi connectivity index (χ1n) is 3.24. The number of ether oxygens (including phenoxy) is 1. The molecule has 0 aliphatic heterocycles. The van der Waals surface area contributed by atoms with Crippen LogP contribution in [0.3, 0.4) is 0 Å². The van der Waals surface area contributed by atoms with Crippen LogP contribution in [-0.4, -0.2) is 28.3 Å². The maximum absolute atomic E-state index is 12.9. The molecule has 0 bridgehead atoms. The second kappa shape index (κ2) is 4.56. The molecule has 0 saturated carbocycles. The molecule has 0 fully saturated rings. The molecule has 0 unspecified atom stereocenters. The maximum atomic E-state index is 12.9. The van der Waals surface area contributed by atoms with E-state index in [1.54, 1.807) is 0 Å². The Bertz CT molecular complexity index is 244. The van der Waals surface area contributed by atoms with Crippen LogP contribution in [0.5, 0.6) is 0 Å². The molecule has 0 aromatic rings. The van der Waals surface area contributed by atoms with Gasteiger partial charge in [-0.1, -0.05) is 0 Å². The minimum absolute atomic E-state index is 1.29. The van der Waals surface area contributed by atoms with E-state index < -0.39 is 28.3 Å². The van der Waals surface area contributed by atoms with E-state index in [-0.39, 0.29) is 0 Å². The molecule has 0 heterocycles. The largest absolute Gasteiger partial charge is 0.439 e. The predicted octanol–water partition coefficient (Wildman–Crippen LogP) is 4.21. The highest BCUT2D eigenvalue weighted by molar-refractivity contribution is 9.12. The van der Waals surface area contributed by atoms with Crippen LogP contribution in [0.1, 0.15) is 0 Å². The quantitative estimate of drug-likeness (QED) is 0.519. The number of hydrogen-bond acceptors (Lipinski definition) is 1. The molecule has 0 aliphatic rings. The zero-order valence-corrected chi connectivity index (χ0v) is 10.1. The Morgan fingerprint density at radius 3 is 1.44 bits per heavy atom. The third-order valence-corrected chi connectivity index (χ3v) is 3.41. The molecule has 98 valence electrons. The molecule has 16 heavy (non-hydrogen) atoms. The van der Waals surface area contributed by atoms with E-state index in [4.69, 9.17) is 0 Å². The van der Waals surface area contributed by atoms with Crippen LogP contribution in [-0.2, 0) is 4.74 Å². The fourth-order valence-electron chi connectivity index (χ4n) is 0.428. The van der Waals surface area contributed by atoms with Crippen molar-refractivity contribution in [2.24, 2.45) is 0 Å². The Hall–Kier alpha value is 0.360. The van der Waals surface area contributed by atoms with Crippen molar-refractivity contribution >= 4 is 31.9 Å². The lowest BCUT2D eigenvalue weighted by Crippen LogP contribution is -2.51. The topological polar surface area (TPSA) is 9.23 Å². The summed E-state index contributed by atoms with van der Waals surface area (Å²) in [5.74, 6) is 0. The van der Waals surface area contributed by atoms with Gasteiger partial charge in [0.25, 0.3) is 0 Å². The highest BCUT2D eigenvalue weighted by Crippen LogP contribution is 2.52. The van der Waals surface area contributed by atoms with E-state index in [9.17, 15) is 35.1 Å². The standard InChI is InChI=1S/C5H2Br2F8O/c6-3(11,5(13,14)15)4(7,12)16-1-2(8,9)10/h1H2/t3-,4+/m0/s1. The summed E-state index contributed by atoms with van der Waals surface area (Å²) in [5.41, 5.74) is 0. The van der Waals surface area contributed by atoms with Crippen LogP contribution >= 0.6 is 31.9 Å². The van der Waals surface area contributed by atoms with E-state index in [2.05, 4.69) is 4.74 Å². The average Bonchev–Trinajstić information content (AvgIpc) is 1.97. The van der Waals surface area contributed by atoms with Gasteiger partial charge in [-0.2, -0.15) is 30.7 Å². The average molecular weight is 390 g/mol. The third kappa shape index (κ3) is 3.99. The Labute approximate surface area is 100 Å². The summed E-state index contributed by atoms with van der Waals surface area (Å²) in [5, 5.41) is 0. The van der Waals surface area contributed by atoms with E-state index in [0.717, 1.165) is 0 Å². The van der Waals surface area contributed by atoms with Crippen molar-refractivity contribution in [1.82, 2.24) is 0 Å². The Morgan fingerprint density at radius 2 is 1.19 bits per heavy atom. The van der Waals surface area contributed by atoms with Crippen LogP contribution in [0.2, 0.25) is 0 Å². The molecular weight excluding hydrogens is 388 g/mol. The molecule has 0 aromatic heterocycles. The molecule has 11 heteroatoms. The zero-order valence-electron chi connectivity index (χ0n) is 6.89. The first-order chi connectivity index (χ1) is 6.71. The van der Waals surface area contributed by atoms with Gasteiger partial charge in [0.2, 0.25) is 0 Å². The van der Waals surface area contributed by atoms with Gasteiger partial charge in [0.1, 0.15) is 6.61 Å². The van der Waals surface area contributed by atoms with Gasteiger partial charge >= 0.3 is 21.7 Å². The van der Waals surface area contributed by atoms with Gasteiger partial charge in [0.05, 0.1) is 0 Å². The summed E-state index contributed by atoms with van der Waals surface area (Å²) >= 11 is 2.75. The van der Waals surface area contributed by atoms with Crippen LogP contribution < -0.4 is 0 Å². The fourth-order valence-corrected chi connectivity index (χ4v) is 0.882. The van der Waals surface area contributed by atoms with Crippen molar-refractivity contribution < 1.29 is 39.9 Å².